The van der Waals surface area contributed by atoms with Crippen LogP contribution in [0.1, 0.15) is 66.2 Å². The molecule has 0 bridgehead atoms. The molecule has 0 amide bonds. The van der Waals surface area contributed by atoms with E-state index in [2.05, 4.69) is 27.7 Å². The molecule has 2 aliphatic rings. The van der Waals surface area contributed by atoms with E-state index in [9.17, 15) is 10.2 Å². The van der Waals surface area contributed by atoms with Crippen LogP contribution in [0.25, 0.3) is 0 Å². The van der Waals surface area contributed by atoms with E-state index in [1.807, 2.05) is 0 Å². The van der Waals surface area contributed by atoms with Crippen LogP contribution in [0.4, 0.5) is 0 Å². The Hall–Kier alpha value is -0.0800. The minimum absolute atomic E-state index is 0.111. The largest absolute Gasteiger partial charge is 0.392 e. The molecular formula is C18H34O2. The smallest absolute Gasteiger partial charge is 0.0626 e. The summed E-state index contributed by atoms with van der Waals surface area (Å²) in [5, 5.41) is 21.9. The number of fused-ring (bicyclic) bond motifs is 1. The highest BCUT2D eigenvalue weighted by Gasteiger charge is 2.45. The first kappa shape index (κ1) is 16.3. The third kappa shape index (κ3) is 3.22. The highest BCUT2D eigenvalue weighted by molar-refractivity contribution is 4.94. The quantitative estimate of drug-likeness (QED) is 0.807. The van der Waals surface area contributed by atoms with Crippen LogP contribution in [-0.2, 0) is 0 Å². The molecule has 4 atom stereocenters. The fourth-order valence-electron chi connectivity index (χ4n) is 4.89. The number of hydrogen-bond donors (Lipinski definition) is 2. The summed E-state index contributed by atoms with van der Waals surface area (Å²) in [6.45, 7) is 8.88. The zero-order valence-corrected chi connectivity index (χ0v) is 13.8. The van der Waals surface area contributed by atoms with E-state index in [-0.39, 0.29) is 18.1 Å². The third-order valence-corrected chi connectivity index (χ3v) is 6.15. The average Bonchev–Trinajstić information content (AvgIpc) is 2.62. The van der Waals surface area contributed by atoms with Gasteiger partial charge in [0.05, 0.1) is 12.2 Å². The van der Waals surface area contributed by atoms with E-state index < -0.39 is 0 Å². The zero-order valence-electron chi connectivity index (χ0n) is 13.8. The lowest BCUT2D eigenvalue weighted by atomic mass is 9.72. The average molecular weight is 282 g/mol. The Balaban J connectivity index is 2.25. The summed E-state index contributed by atoms with van der Waals surface area (Å²) in [5.74, 6) is 2.40. The fraction of sp³-hybridized carbons (Fsp3) is 1.00. The first-order valence-electron chi connectivity index (χ1n) is 8.79. The molecule has 0 radical (unpaired) electrons. The van der Waals surface area contributed by atoms with Crippen LogP contribution in [0.2, 0.25) is 0 Å². The Morgan fingerprint density at radius 2 is 1.10 bits per heavy atom. The maximum Gasteiger partial charge on any atom is 0.0626 e. The molecule has 2 nitrogen and oxygen atoms in total. The molecule has 0 aromatic rings. The minimum atomic E-state index is -0.308. The fourth-order valence-corrected chi connectivity index (χ4v) is 4.89. The van der Waals surface area contributed by atoms with E-state index in [1.54, 1.807) is 0 Å². The maximum atomic E-state index is 10.9. The molecule has 118 valence electrons. The molecule has 0 spiro atoms. The summed E-state index contributed by atoms with van der Waals surface area (Å²) < 4.78 is 0. The van der Waals surface area contributed by atoms with Crippen LogP contribution >= 0.6 is 0 Å². The van der Waals surface area contributed by atoms with Crippen molar-refractivity contribution in [3.05, 3.63) is 0 Å². The molecule has 0 saturated heterocycles. The van der Waals surface area contributed by atoms with Crippen molar-refractivity contribution in [3.8, 4) is 0 Å². The molecule has 0 aliphatic heterocycles. The highest BCUT2D eigenvalue weighted by Crippen LogP contribution is 2.45. The van der Waals surface area contributed by atoms with Crippen LogP contribution < -0.4 is 0 Å². The van der Waals surface area contributed by atoms with Gasteiger partial charge in [-0.15, -0.1) is 0 Å². The Kier molecular flexibility index (Phi) is 5.53. The lowest BCUT2D eigenvalue weighted by molar-refractivity contribution is -0.0711. The van der Waals surface area contributed by atoms with Gasteiger partial charge in [-0.2, -0.15) is 0 Å². The van der Waals surface area contributed by atoms with Crippen molar-refractivity contribution in [1.82, 2.24) is 0 Å². The lowest BCUT2D eigenvalue weighted by Gasteiger charge is -2.38. The zero-order chi connectivity index (χ0) is 14.9. The van der Waals surface area contributed by atoms with Gasteiger partial charge in [0.1, 0.15) is 0 Å². The van der Waals surface area contributed by atoms with Gasteiger partial charge < -0.3 is 10.2 Å². The molecule has 2 heteroatoms. The van der Waals surface area contributed by atoms with Gasteiger partial charge in [-0.1, -0.05) is 40.5 Å². The molecule has 2 rings (SSSR count). The molecule has 2 fully saturated rings. The maximum absolute atomic E-state index is 10.9. The van der Waals surface area contributed by atoms with E-state index in [0.717, 1.165) is 12.8 Å². The second-order valence-corrected chi connectivity index (χ2v) is 8.00. The molecule has 0 heterocycles. The SMILES string of the molecule is CC(C)[C@H]1CCCC2CCC[C@H](C(C)C)C(O)C2C1O. The number of aliphatic hydroxyl groups is 2. The molecule has 2 N–H and O–H groups in total. The third-order valence-electron chi connectivity index (χ3n) is 6.15. The summed E-state index contributed by atoms with van der Waals surface area (Å²) in [4.78, 5) is 0. The Labute approximate surface area is 125 Å². The van der Waals surface area contributed by atoms with Gasteiger partial charge in [-0.05, 0) is 55.3 Å². The minimum Gasteiger partial charge on any atom is -0.392 e. The predicted octanol–water partition coefficient (Wildman–Crippen LogP) is 3.85. The lowest BCUT2D eigenvalue weighted by Crippen LogP contribution is -2.44. The van der Waals surface area contributed by atoms with Crippen LogP contribution in [0.15, 0.2) is 0 Å². The van der Waals surface area contributed by atoms with E-state index in [1.165, 1.54) is 25.7 Å². The van der Waals surface area contributed by atoms with Gasteiger partial charge in [0, 0.05) is 5.92 Å². The van der Waals surface area contributed by atoms with Crippen LogP contribution in [-0.4, -0.2) is 22.4 Å². The Bertz CT molecular complexity index is 272. The van der Waals surface area contributed by atoms with Crippen molar-refractivity contribution < 1.29 is 10.2 Å². The Morgan fingerprint density at radius 1 is 0.700 bits per heavy atom. The second kappa shape index (κ2) is 6.79. The van der Waals surface area contributed by atoms with Crippen molar-refractivity contribution in [2.75, 3.05) is 0 Å². The van der Waals surface area contributed by atoms with E-state index in [4.69, 9.17) is 0 Å². The van der Waals surface area contributed by atoms with Gasteiger partial charge >= 0.3 is 0 Å². The van der Waals surface area contributed by atoms with E-state index in [0.29, 0.717) is 29.6 Å². The van der Waals surface area contributed by atoms with Crippen molar-refractivity contribution in [1.29, 1.82) is 0 Å². The molecule has 2 saturated carbocycles. The topological polar surface area (TPSA) is 40.5 Å². The summed E-state index contributed by atoms with van der Waals surface area (Å²) >= 11 is 0. The van der Waals surface area contributed by atoms with Gasteiger partial charge in [-0.3, -0.25) is 0 Å². The Morgan fingerprint density at radius 3 is 1.45 bits per heavy atom. The van der Waals surface area contributed by atoms with Gasteiger partial charge in [0.15, 0.2) is 0 Å². The standard InChI is InChI=1S/C18H34O2/c1-11(2)14-9-5-7-13-8-6-10-15(12(3)4)18(20)16(13)17(14)19/h11-20H,5-10H2,1-4H3/t13?,14-,15-,16?,17?,18?/m1/s1. The summed E-state index contributed by atoms with van der Waals surface area (Å²) in [7, 11) is 0. The highest BCUT2D eigenvalue weighted by atomic mass is 16.3. The van der Waals surface area contributed by atoms with Crippen LogP contribution in [0.3, 0.4) is 0 Å². The predicted molar refractivity (Wildman–Crippen MR) is 83.4 cm³/mol. The normalized spacial score (nSPS) is 43.2. The molecule has 20 heavy (non-hydrogen) atoms. The number of aliphatic hydroxyl groups excluding tert-OH is 2. The van der Waals surface area contributed by atoms with Crippen molar-refractivity contribution in [3.63, 3.8) is 0 Å². The summed E-state index contributed by atoms with van der Waals surface area (Å²) in [6.07, 6.45) is 6.49. The first-order chi connectivity index (χ1) is 9.43. The first-order valence-corrected chi connectivity index (χ1v) is 8.79. The molecular weight excluding hydrogens is 248 g/mol. The number of hydrogen-bond acceptors (Lipinski definition) is 2. The van der Waals surface area contributed by atoms with Crippen LogP contribution in [0, 0.1) is 35.5 Å². The summed E-state index contributed by atoms with van der Waals surface area (Å²) in [5.41, 5.74) is 0. The van der Waals surface area contributed by atoms with Crippen LogP contribution in [0.5, 0.6) is 0 Å². The van der Waals surface area contributed by atoms with Gasteiger partial charge in [0.25, 0.3) is 0 Å². The molecule has 0 aromatic carbocycles. The van der Waals surface area contributed by atoms with Gasteiger partial charge in [0.2, 0.25) is 0 Å². The van der Waals surface area contributed by atoms with Gasteiger partial charge in [-0.25, -0.2) is 0 Å². The molecule has 2 aliphatic carbocycles. The number of rotatable bonds is 2. The monoisotopic (exact) mass is 282 g/mol. The second-order valence-electron chi connectivity index (χ2n) is 8.00. The van der Waals surface area contributed by atoms with Crippen molar-refractivity contribution >= 4 is 0 Å². The molecule has 2 unspecified atom stereocenters. The summed E-state index contributed by atoms with van der Waals surface area (Å²) in [6, 6.07) is 0. The molecule has 0 aromatic heterocycles. The van der Waals surface area contributed by atoms with Crippen molar-refractivity contribution in [2.24, 2.45) is 35.5 Å². The van der Waals surface area contributed by atoms with E-state index >= 15 is 0 Å². The van der Waals surface area contributed by atoms with Crippen molar-refractivity contribution in [2.45, 2.75) is 78.4 Å².